The van der Waals surface area contributed by atoms with Crippen LogP contribution in [0.25, 0.3) is 0 Å². The second-order valence-corrected chi connectivity index (χ2v) is 5.10. The van der Waals surface area contributed by atoms with Crippen LogP contribution in [0.5, 0.6) is 11.5 Å². The molecule has 0 aliphatic carbocycles. The summed E-state index contributed by atoms with van der Waals surface area (Å²) in [6, 6.07) is 2.75. The van der Waals surface area contributed by atoms with E-state index < -0.39 is 21.4 Å². The van der Waals surface area contributed by atoms with Crippen LogP contribution in [-0.2, 0) is 9.53 Å². The van der Waals surface area contributed by atoms with Gasteiger partial charge in [0.05, 0.1) is 32.6 Å². The van der Waals surface area contributed by atoms with E-state index in [1.54, 1.807) is 0 Å². The van der Waals surface area contributed by atoms with Crippen molar-refractivity contribution in [3.8, 4) is 11.5 Å². The number of esters is 1. The molecule has 1 aromatic carbocycles. The lowest BCUT2D eigenvalue weighted by Crippen LogP contribution is -2.16. The van der Waals surface area contributed by atoms with Crippen molar-refractivity contribution in [2.45, 2.75) is 0 Å². The number of nitrogens with one attached hydrogen (secondary N) is 1. The summed E-state index contributed by atoms with van der Waals surface area (Å²) >= 11 is 16.5. The van der Waals surface area contributed by atoms with Gasteiger partial charge >= 0.3 is 5.97 Å². The molecule has 22 heavy (non-hydrogen) atoms. The summed E-state index contributed by atoms with van der Waals surface area (Å²) in [5.74, 6) is -0.896. The van der Waals surface area contributed by atoms with E-state index in [1.807, 2.05) is 0 Å². The van der Waals surface area contributed by atoms with Gasteiger partial charge in [0.1, 0.15) is 9.52 Å². The van der Waals surface area contributed by atoms with Gasteiger partial charge in [0.25, 0.3) is 5.91 Å². The van der Waals surface area contributed by atoms with Crippen LogP contribution in [0.3, 0.4) is 0 Å². The summed E-state index contributed by atoms with van der Waals surface area (Å²) in [5.41, 5.74) is 0.144. The Balaban J connectivity index is 3.35. The summed E-state index contributed by atoms with van der Waals surface area (Å²) in [5, 5.41) is 1.98. The molecule has 0 fully saturated rings. The first kappa shape index (κ1) is 18.4. The average Bonchev–Trinajstić information content (AvgIpc) is 2.52. The van der Waals surface area contributed by atoms with Crippen molar-refractivity contribution in [1.82, 2.24) is 0 Å². The summed E-state index contributed by atoms with van der Waals surface area (Å²) in [6.07, 6.45) is 0. The standard InChI is InChI=1S/C13H12Cl3NO5/c1-20-8-4-6(13(19)22-3)7(5-9(8)21-2)17-12(18)10(14)11(15)16/h4-5H,1-3H3,(H,17,18). The number of halogens is 3. The molecule has 0 aliphatic rings. The highest BCUT2D eigenvalue weighted by Crippen LogP contribution is 2.34. The quantitative estimate of drug-likeness (QED) is 0.637. The molecule has 1 N–H and O–H groups in total. The smallest absolute Gasteiger partial charge is 0.340 e. The van der Waals surface area contributed by atoms with E-state index in [4.69, 9.17) is 44.3 Å². The Hall–Kier alpha value is -1.63. The van der Waals surface area contributed by atoms with Gasteiger partial charge in [0.2, 0.25) is 0 Å². The minimum atomic E-state index is -0.793. The Morgan fingerprint density at radius 1 is 1.00 bits per heavy atom. The molecule has 0 aromatic heterocycles. The third kappa shape index (κ3) is 4.19. The highest BCUT2D eigenvalue weighted by Gasteiger charge is 2.20. The minimum absolute atomic E-state index is 0.0451. The average molecular weight is 369 g/mol. The molecule has 1 rings (SSSR count). The maximum Gasteiger partial charge on any atom is 0.340 e. The van der Waals surface area contributed by atoms with Gasteiger partial charge in [0, 0.05) is 12.1 Å². The van der Waals surface area contributed by atoms with Gasteiger partial charge in [-0.3, -0.25) is 4.79 Å². The van der Waals surface area contributed by atoms with Crippen LogP contribution in [-0.4, -0.2) is 33.2 Å². The van der Waals surface area contributed by atoms with Gasteiger partial charge in [-0.1, -0.05) is 34.8 Å². The van der Waals surface area contributed by atoms with Crippen LogP contribution < -0.4 is 14.8 Å². The molecule has 120 valence electrons. The van der Waals surface area contributed by atoms with Gasteiger partial charge in [0.15, 0.2) is 11.5 Å². The maximum absolute atomic E-state index is 11.9. The molecule has 0 unspecified atom stereocenters. The molecular formula is C13H12Cl3NO5. The molecule has 0 heterocycles. The number of benzene rings is 1. The maximum atomic E-state index is 11.9. The molecule has 1 amide bonds. The van der Waals surface area contributed by atoms with E-state index in [1.165, 1.54) is 33.5 Å². The van der Waals surface area contributed by atoms with Gasteiger partial charge in [-0.15, -0.1) is 0 Å². The molecule has 0 atom stereocenters. The van der Waals surface area contributed by atoms with Crippen LogP contribution in [0.15, 0.2) is 21.7 Å². The molecule has 0 radical (unpaired) electrons. The summed E-state index contributed by atoms with van der Waals surface area (Å²) < 4.78 is 14.5. The first-order valence-corrected chi connectivity index (χ1v) is 6.85. The largest absolute Gasteiger partial charge is 0.493 e. The van der Waals surface area contributed by atoms with Crippen molar-refractivity contribution in [2.75, 3.05) is 26.6 Å². The van der Waals surface area contributed by atoms with Crippen LogP contribution in [0, 0.1) is 0 Å². The SMILES string of the molecule is COC(=O)c1cc(OC)c(OC)cc1NC(=O)C(Cl)=C(Cl)Cl. The van der Waals surface area contributed by atoms with Crippen LogP contribution in [0.1, 0.15) is 10.4 Å². The fourth-order valence-corrected chi connectivity index (χ4v) is 1.74. The summed E-state index contributed by atoms with van der Waals surface area (Å²) in [4.78, 5) is 23.7. The zero-order chi connectivity index (χ0) is 16.9. The van der Waals surface area contributed by atoms with Crippen LogP contribution >= 0.6 is 34.8 Å². The monoisotopic (exact) mass is 367 g/mol. The third-order valence-corrected chi connectivity index (χ3v) is 3.47. The zero-order valence-corrected chi connectivity index (χ0v) is 14.1. The lowest BCUT2D eigenvalue weighted by molar-refractivity contribution is -0.112. The molecule has 1 aromatic rings. The van der Waals surface area contributed by atoms with Crippen LogP contribution in [0.4, 0.5) is 5.69 Å². The second kappa shape index (κ2) is 8.12. The topological polar surface area (TPSA) is 73.9 Å². The number of rotatable bonds is 5. The number of hydrogen-bond acceptors (Lipinski definition) is 5. The van der Waals surface area contributed by atoms with Crippen molar-refractivity contribution in [3.05, 3.63) is 27.2 Å². The summed E-state index contributed by atoms with van der Waals surface area (Å²) in [7, 11) is 4.01. The number of methoxy groups -OCH3 is 3. The first-order valence-electron chi connectivity index (χ1n) is 5.72. The zero-order valence-electron chi connectivity index (χ0n) is 11.8. The van der Waals surface area contributed by atoms with Crippen molar-refractivity contribution in [1.29, 1.82) is 0 Å². The van der Waals surface area contributed by atoms with Gasteiger partial charge < -0.3 is 19.5 Å². The fraction of sp³-hybridized carbons (Fsp3) is 0.231. The molecule has 0 spiro atoms. The van der Waals surface area contributed by atoms with E-state index in [9.17, 15) is 9.59 Å². The number of anilines is 1. The van der Waals surface area contributed by atoms with Crippen molar-refractivity contribution < 1.29 is 23.8 Å². The van der Waals surface area contributed by atoms with Crippen molar-refractivity contribution >= 4 is 52.4 Å². The number of amides is 1. The number of carbonyl (C=O) groups excluding carboxylic acids is 2. The van der Waals surface area contributed by atoms with Crippen molar-refractivity contribution in [2.24, 2.45) is 0 Å². The summed E-state index contributed by atoms with van der Waals surface area (Å²) in [6.45, 7) is 0. The number of hydrogen-bond donors (Lipinski definition) is 1. The van der Waals surface area contributed by atoms with E-state index in [-0.39, 0.29) is 17.0 Å². The molecule has 6 nitrogen and oxygen atoms in total. The second-order valence-electron chi connectivity index (χ2n) is 3.77. The Kier molecular flexibility index (Phi) is 6.80. The fourth-order valence-electron chi connectivity index (χ4n) is 1.52. The molecule has 0 saturated heterocycles. The molecule has 0 aliphatic heterocycles. The minimum Gasteiger partial charge on any atom is -0.493 e. The molecule has 9 heteroatoms. The predicted molar refractivity (Wildman–Crippen MR) is 84.1 cm³/mol. The first-order chi connectivity index (χ1) is 10.3. The van der Waals surface area contributed by atoms with Crippen LogP contribution in [0.2, 0.25) is 0 Å². The Morgan fingerprint density at radius 2 is 1.55 bits per heavy atom. The highest BCUT2D eigenvalue weighted by atomic mass is 35.5. The number of ether oxygens (including phenoxy) is 3. The van der Waals surface area contributed by atoms with Crippen molar-refractivity contribution in [3.63, 3.8) is 0 Å². The Morgan fingerprint density at radius 3 is 2.00 bits per heavy atom. The van der Waals surface area contributed by atoms with Gasteiger partial charge in [-0.2, -0.15) is 0 Å². The van der Waals surface area contributed by atoms with Gasteiger partial charge in [-0.05, 0) is 0 Å². The third-order valence-electron chi connectivity index (χ3n) is 2.54. The molecule has 0 bridgehead atoms. The normalized spacial score (nSPS) is 9.73. The lowest BCUT2D eigenvalue weighted by Gasteiger charge is -2.14. The van der Waals surface area contributed by atoms with E-state index in [2.05, 4.69) is 10.1 Å². The molecular weight excluding hydrogens is 357 g/mol. The number of carbonyl (C=O) groups is 2. The van der Waals surface area contributed by atoms with Gasteiger partial charge in [-0.25, -0.2) is 4.79 Å². The Bertz CT molecular complexity index is 626. The Labute approximate surface area is 141 Å². The van der Waals surface area contributed by atoms with E-state index in [0.717, 1.165) is 0 Å². The van der Waals surface area contributed by atoms with E-state index >= 15 is 0 Å². The lowest BCUT2D eigenvalue weighted by atomic mass is 10.1. The predicted octanol–water partition coefficient (Wildman–Crippen LogP) is 3.31. The molecule has 0 saturated carbocycles. The highest BCUT2D eigenvalue weighted by molar-refractivity contribution is 6.63. The van der Waals surface area contributed by atoms with E-state index in [0.29, 0.717) is 5.75 Å².